The quantitative estimate of drug-likeness (QED) is 0.580. The summed E-state index contributed by atoms with van der Waals surface area (Å²) in [5.74, 6) is -1.25. The minimum atomic E-state index is -1.25. The van der Waals surface area contributed by atoms with Crippen LogP contribution >= 0.6 is 0 Å². The number of rotatable bonds is 0. The molecule has 1 fully saturated rings. The lowest BCUT2D eigenvalue weighted by Crippen LogP contribution is -2.46. The maximum Gasteiger partial charge on any atom is 0.341 e. The van der Waals surface area contributed by atoms with Gasteiger partial charge in [0.15, 0.2) is 5.79 Å². The van der Waals surface area contributed by atoms with Crippen molar-refractivity contribution in [3.8, 4) is 0 Å². The van der Waals surface area contributed by atoms with Gasteiger partial charge in [0, 0.05) is 13.5 Å². The van der Waals surface area contributed by atoms with Crippen molar-refractivity contribution in [2.24, 2.45) is 0 Å². The third-order valence-corrected chi connectivity index (χ3v) is 2.00. The normalized spacial score (nSPS) is 31.9. The Balaban J connectivity index is 2.82. The van der Waals surface area contributed by atoms with E-state index in [0.29, 0.717) is 6.42 Å². The highest BCUT2D eigenvalue weighted by molar-refractivity contribution is 5.73. The molecule has 0 radical (unpaired) electrons. The smallest absolute Gasteiger partial charge is 0.341 e. The molecule has 1 rings (SSSR count). The van der Waals surface area contributed by atoms with Crippen LogP contribution in [-0.2, 0) is 4.84 Å². The average molecular weight is 188 g/mol. The van der Waals surface area contributed by atoms with Crippen LogP contribution in [0.3, 0.4) is 0 Å². The Bertz CT molecular complexity index is 225. The van der Waals surface area contributed by atoms with Gasteiger partial charge in [0.2, 0.25) is 0 Å². The first kappa shape index (κ1) is 10.3. The van der Waals surface area contributed by atoms with Crippen molar-refractivity contribution in [3.63, 3.8) is 0 Å². The molecule has 0 aromatic rings. The summed E-state index contributed by atoms with van der Waals surface area (Å²) >= 11 is 0. The van der Waals surface area contributed by atoms with Crippen LogP contribution in [0, 0.1) is 0 Å². The van der Waals surface area contributed by atoms with Crippen LogP contribution in [0.2, 0.25) is 0 Å². The Labute approximate surface area is 77.6 Å². The molecule has 0 aromatic heterocycles. The van der Waals surface area contributed by atoms with E-state index in [-0.39, 0.29) is 6.03 Å². The van der Waals surface area contributed by atoms with Crippen molar-refractivity contribution >= 4 is 6.03 Å². The fraction of sp³-hybridized carbons (Fsp3) is 0.875. The van der Waals surface area contributed by atoms with Gasteiger partial charge in [0.1, 0.15) is 0 Å². The lowest BCUT2D eigenvalue weighted by Gasteiger charge is -2.27. The molecule has 0 aliphatic carbocycles. The van der Waals surface area contributed by atoms with Crippen LogP contribution < -0.4 is 5.32 Å². The van der Waals surface area contributed by atoms with Crippen molar-refractivity contribution in [3.05, 3.63) is 0 Å². The van der Waals surface area contributed by atoms with Gasteiger partial charge in [-0.25, -0.2) is 9.63 Å². The number of hydroxylamine groups is 2. The highest BCUT2D eigenvalue weighted by Crippen LogP contribution is 2.36. The molecule has 1 heterocycles. The van der Waals surface area contributed by atoms with E-state index < -0.39 is 11.3 Å². The number of urea groups is 1. The fourth-order valence-electron chi connectivity index (χ4n) is 1.64. The second kappa shape index (κ2) is 2.85. The molecule has 0 saturated carbocycles. The highest BCUT2D eigenvalue weighted by Gasteiger charge is 2.48. The number of hydrogen-bond donors (Lipinski definition) is 2. The molecule has 5 heteroatoms. The number of carbonyl (C=O) groups is 1. The van der Waals surface area contributed by atoms with E-state index in [0.717, 1.165) is 0 Å². The Hall–Kier alpha value is -0.810. The van der Waals surface area contributed by atoms with Crippen molar-refractivity contribution < 1.29 is 14.7 Å². The molecule has 2 amide bonds. The lowest BCUT2D eigenvalue weighted by molar-refractivity contribution is -0.258. The largest absolute Gasteiger partial charge is 0.364 e. The van der Waals surface area contributed by atoms with Gasteiger partial charge in [-0.15, -0.1) is 0 Å². The molecule has 1 saturated heterocycles. The van der Waals surface area contributed by atoms with E-state index in [2.05, 4.69) is 5.32 Å². The maximum atomic E-state index is 11.3. The van der Waals surface area contributed by atoms with Gasteiger partial charge in [-0.05, 0) is 20.8 Å². The van der Waals surface area contributed by atoms with Gasteiger partial charge in [-0.3, -0.25) is 0 Å². The number of aliphatic hydroxyl groups is 1. The summed E-state index contributed by atoms with van der Waals surface area (Å²) in [6, 6.07) is -0.345. The fourth-order valence-corrected chi connectivity index (χ4v) is 1.64. The van der Waals surface area contributed by atoms with E-state index in [1.807, 2.05) is 13.8 Å². The molecule has 0 bridgehead atoms. The van der Waals surface area contributed by atoms with Crippen LogP contribution in [-0.4, -0.2) is 34.6 Å². The Morgan fingerprint density at radius 2 is 2.08 bits per heavy atom. The average Bonchev–Trinajstić information content (AvgIpc) is 2.17. The number of nitrogens with one attached hydrogen (secondary N) is 1. The van der Waals surface area contributed by atoms with E-state index in [9.17, 15) is 9.90 Å². The standard InChI is InChI=1S/C8H16N2O3/c1-7(2)5-8(3,12)13-10(7)6(11)9-4/h12H,5H2,1-4H3,(H,9,11). The van der Waals surface area contributed by atoms with Crippen LogP contribution in [0.4, 0.5) is 4.79 Å². The third kappa shape index (κ3) is 1.92. The first-order chi connectivity index (χ1) is 5.78. The molecule has 1 aliphatic heterocycles. The predicted octanol–water partition coefficient (Wildman–Crippen LogP) is 0.450. The monoisotopic (exact) mass is 188 g/mol. The summed E-state index contributed by atoms with van der Waals surface area (Å²) in [5.41, 5.74) is -0.483. The molecule has 1 aliphatic rings. The van der Waals surface area contributed by atoms with Crippen molar-refractivity contribution in [2.75, 3.05) is 7.05 Å². The molecule has 1 atom stereocenters. The summed E-state index contributed by atoms with van der Waals surface area (Å²) in [7, 11) is 1.52. The lowest BCUT2D eigenvalue weighted by atomic mass is 9.97. The Morgan fingerprint density at radius 1 is 1.54 bits per heavy atom. The van der Waals surface area contributed by atoms with Gasteiger partial charge in [-0.2, -0.15) is 5.06 Å². The first-order valence-electron chi connectivity index (χ1n) is 4.22. The van der Waals surface area contributed by atoms with Crippen molar-refractivity contribution in [1.29, 1.82) is 0 Å². The van der Waals surface area contributed by atoms with Gasteiger partial charge in [0.25, 0.3) is 0 Å². The van der Waals surface area contributed by atoms with Crippen molar-refractivity contribution in [1.82, 2.24) is 10.4 Å². The number of carbonyl (C=O) groups excluding carboxylic acids is 1. The summed E-state index contributed by atoms with van der Waals surface area (Å²) in [4.78, 5) is 16.4. The Morgan fingerprint density at radius 3 is 2.38 bits per heavy atom. The molecule has 0 aromatic carbocycles. The zero-order valence-corrected chi connectivity index (χ0v) is 8.42. The van der Waals surface area contributed by atoms with Gasteiger partial charge >= 0.3 is 6.03 Å². The first-order valence-corrected chi connectivity index (χ1v) is 4.22. The molecule has 1 unspecified atom stereocenters. The van der Waals surface area contributed by atoms with E-state index in [1.54, 1.807) is 0 Å². The summed E-state index contributed by atoms with van der Waals surface area (Å²) in [6.45, 7) is 5.21. The second-order valence-electron chi connectivity index (χ2n) is 4.11. The summed E-state index contributed by atoms with van der Waals surface area (Å²) < 4.78 is 0. The number of amides is 2. The number of nitrogens with zero attached hydrogens (tertiary/aromatic N) is 1. The molecule has 76 valence electrons. The molecule has 0 spiro atoms. The molecule has 13 heavy (non-hydrogen) atoms. The van der Waals surface area contributed by atoms with Crippen molar-refractivity contribution in [2.45, 2.75) is 38.5 Å². The number of hydrogen-bond acceptors (Lipinski definition) is 3. The topological polar surface area (TPSA) is 61.8 Å². The van der Waals surface area contributed by atoms with E-state index in [4.69, 9.17) is 4.84 Å². The predicted molar refractivity (Wildman–Crippen MR) is 46.7 cm³/mol. The van der Waals surface area contributed by atoms with Gasteiger partial charge in [-0.1, -0.05) is 0 Å². The molecular formula is C8H16N2O3. The molecular weight excluding hydrogens is 172 g/mol. The van der Waals surface area contributed by atoms with Crippen LogP contribution in [0.5, 0.6) is 0 Å². The highest BCUT2D eigenvalue weighted by atomic mass is 16.8. The maximum absolute atomic E-state index is 11.3. The minimum Gasteiger partial charge on any atom is -0.364 e. The Kier molecular flexibility index (Phi) is 2.25. The van der Waals surface area contributed by atoms with E-state index >= 15 is 0 Å². The van der Waals surface area contributed by atoms with E-state index in [1.165, 1.54) is 19.0 Å². The van der Waals surface area contributed by atoms with Gasteiger partial charge < -0.3 is 10.4 Å². The van der Waals surface area contributed by atoms with Crippen LogP contribution in [0.1, 0.15) is 27.2 Å². The zero-order chi connectivity index (χ0) is 10.3. The SMILES string of the molecule is CNC(=O)N1OC(C)(O)CC1(C)C. The summed E-state index contributed by atoms with van der Waals surface area (Å²) in [6.07, 6.45) is 0.396. The van der Waals surface area contributed by atoms with Crippen LogP contribution in [0.25, 0.3) is 0 Å². The zero-order valence-electron chi connectivity index (χ0n) is 8.42. The second-order valence-corrected chi connectivity index (χ2v) is 4.11. The van der Waals surface area contributed by atoms with Crippen LogP contribution in [0.15, 0.2) is 0 Å². The molecule has 5 nitrogen and oxygen atoms in total. The minimum absolute atomic E-state index is 0.345. The van der Waals surface area contributed by atoms with Gasteiger partial charge in [0.05, 0.1) is 5.54 Å². The molecule has 2 N–H and O–H groups in total. The third-order valence-electron chi connectivity index (χ3n) is 2.00. The summed E-state index contributed by atoms with van der Waals surface area (Å²) in [5, 5.41) is 13.2.